The third-order valence-electron chi connectivity index (χ3n) is 6.46. The number of carbonyl (C=O) groups is 1. The van der Waals surface area contributed by atoms with E-state index in [9.17, 15) is 9.90 Å². The first-order chi connectivity index (χ1) is 17.5. The van der Waals surface area contributed by atoms with Crippen LogP contribution in [0, 0.1) is 0 Å². The van der Waals surface area contributed by atoms with Crippen LogP contribution in [0.25, 0.3) is 0 Å². The molecule has 2 atom stereocenters. The van der Waals surface area contributed by atoms with E-state index >= 15 is 0 Å². The zero-order chi connectivity index (χ0) is 25.5. The van der Waals surface area contributed by atoms with Gasteiger partial charge in [-0.15, -0.1) is 0 Å². The fourth-order valence-corrected chi connectivity index (χ4v) is 4.78. The predicted octanol–water partition coefficient (Wildman–Crippen LogP) is 5.32. The molecule has 7 heteroatoms. The lowest BCUT2D eigenvalue weighted by molar-refractivity contribution is -0.142. The van der Waals surface area contributed by atoms with E-state index in [-0.39, 0.29) is 6.04 Å². The number of methoxy groups -OCH3 is 2. The van der Waals surface area contributed by atoms with E-state index in [0.29, 0.717) is 49.2 Å². The number of carboxylic acids is 1. The summed E-state index contributed by atoms with van der Waals surface area (Å²) in [5, 5.41) is 9.97. The molecule has 0 bridgehead atoms. The van der Waals surface area contributed by atoms with E-state index < -0.39 is 12.0 Å². The van der Waals surface area contributed by atoms with E-state index in [0.717, 1.165) is 23.1 Å². The van der Waals surface area contributed by atoms with Gasteiger partial charge in [0.05, 0.1) is 26.9 Å². The molecule has 1 aliphatic heterocycles. The predicted molar refractivity (Wildman–Crippen MR) is 137 cm³/mol. The number of hydrogen-bond donors (Lipinski definition) is 1. The van der Waals surface area contributed by atoms with Gasteiger partial charge in [-0.25, -0.2) is 0 Å². The highest BCUT2D eigenvalue weighted by Crippen LogP contribution is 2.43. The molecule has 190 valence electrons. The molecule has 0 aromatic heterocycles. The van der Waals surface area contributed by atoms with E-state index in [4.69, 9.17) is 18.9 Å². The molecule has 0 aliphatic carbocycles. The molecule has 2 unspecified atom stereocenters. The van der Waals surface area contributed by atoms with Crippen molar-refractivity contribution in [2.24, 2.45) is 0 Å². The Morgan fingerprint density at radius 3 is 2.44 bits per heavy atom. The molecule has 4 rings (SSSR count). The minimum absolute atomic E-state index is 0.374. The molecule has 0 spiro atoms. The molecular formula is C29H33NO6. The van der Waals surface area contributed by atoms with Crippen LogP contribution in [0.15, 0.2) is 66.7 Å². The maximum Gasteiger partial charge on any atom is 0.320 e. The number of benzene rings is 3. The standard InChI is InChI=1S/C29H33NO6/c1-4-35-27-17-21(12-14-26(27)36-19-20-9-6-5-7-10-20)28(30-16-8-11-24(30)29(31)32)23-18-22(33-2)13-15-25(23)34-3/h5-7,9-10,12-15,17-18,24,28H,4,8,11,16,19H2,1-3H3,(H,31,32). The zero-order valence-electron chi connectivity index (χ0n) is 21.0. The molecule has 36 heavy (non-hydrogen) atoms. The summed E-state index contributed by atoms with van der Waals surface area (Å²) in [5.74, 6) is 1.77. The van der Waals surface area contributed by atoms with Gasteiger partial charge in [0.1, 0.15) is 24.1 Å². The van der Waals surface area contributed by atoms with E-state index in [1.54, 1.807) is 14.2 Å². The lowest BCUT2D eigenvalue weighted by atomic mass is 9.94. The Balaban J connectivity index is 1.77. The highest BCUT2D eigenvalue weighted by molar-refractivity contribution is 5.74. The van der Waals surface area contributed by atoms with Crippen molar-refractivity contribution in [3.8, 4) is 23.0 Å². The van der Waals surface area contributed by atoms with E-state index in [1.807, 2.05) is 78.6 Å². The SMILES string of the molecule is CCOc1cc(C(c2cc(OC)ccc2OC)N2CCCC2C(=O)O)ccc1OCc1ccccc1. The Labute approximate surface area is 212 Å². The van der Waals surface area contributed by atoms with Crippen LogP contribution in [0.4, 0.5) is 0 Å². The highest BCUT2D eigenvalue weighted by atomic mass is 16.5. The topological polar surface area (TPSA) is 77.5 Å². The highest BCUT2D eigenvalue weighted by Gasteiger charge is 2.38. The molecular weight excluding hydrogens is 458 g/mol. The number of carboxylic acid groups (broad SMARTS) is 1. The number of likely N-dealkylation sites (tertiary alicyclic amines) is 1. The number of aliphatic carboxylic acids is 1. The minimum Gasteiger partial charge on any atom is -0.497 e. The number of hydrogen-bond acceptors (Lipinski definition) is 6. The van der Waals surface area contributed by atoms with Crippen molar-refractivity contribution >= 4 is 5.97 Å². The van der Waals surface area contributed by atoms with E-state index in [1.165, 1.54) is 0 Å². The van der Waals surface area contributed by atoms with Gasteiger partial charge in [0.15, 0.2) is 11.5 Å². The van der Waals surface area contributed by atoms with Gasteiger partial charge in [0.25, 0.3) is 0 Å². The normalized spacial score (nSPS) is 16.4. The molecule has 3 aromatic carbocycles. The van der Waals surface area contributed by atoms with Gasteiger partial charge in [-0.1, -0.05) is 36.4 Å². The maximum absolute atomic E-state index is 12.2. The van der Waals surface area contributed by atoms with Crippen LogP contribution >= 0.6 is 0 Å². The lowest BCUT2D eigenvalue weighted by Crippen LogP contribution is -2.39. The van der Waals surface area contributed by atoms with Crippen LogP contribution in [0.1, 0.15) is 42.5 Å². The van der Waals surface area contributed by atoms with Gasteiger partial charge < -0.3 is 24.1 Å². The summed E-state index contributed by atoms with van der Waals surface area (Å²) in [6, 6.07) is 20.4. The van der Waals surface area contributed by atoms with Crippen molar-refractivity contribution in [1.82, 2.24) is 4.90 Å². The van der Waals surface area contributed by atoms with Crippen LogP contribution in [-0.4, -0.2) is 49.4 Å². The monoisotopic (exact) mass is 491 g/mol. The molecule has 1 heterocycles. The molecule has 1 saturated heterocycles. The third-order valence-corrected chi connectivity index (χ3v) is 6.46. The first-order valence-corrected chi connectivity index (χ1v) is 12.2. The molecule has 1 N–H and O–H groups in total. The molecule has 7 nitrogen and oxygen atoms in total. The van der Waals surface area contributed by atoms with Crippen molar-refractivity contribution in [3.05, 3.63) is 83.4 Å². The largest absolute Gasteiger partial charge is 0.497 e. The fraction of sp³-hybridized carbons (Fsp3) is 0.345. The second-order valence-electron chi connectivity index (χ2n) is 8.66. The van der Waals surface area contributed by atoms with Crippen LogP contribution in [0.5, 0.6) is 23.0 Å². The van der Waals surface area contributed by atoms with Gasteiger partial charge in [0, 0.05) is 12.1 Å². The molecule has 1 fully saturated rings. The summed E-state index contributed by atoms with van der Waals surface area (Å²) in [5.41, 5.74) is 2.79. The summed E-state index contributed by atoms with van der Waals surface area (Å²) in [7, 11) is 3.23. The summed E-state index contributed by atoms with van der Waals surface area (Å²) in [6.07, 6.45) is 1.39. The Morgan fingerprint density at radius 2 is 1.75 bits per heavy atom. The summed E-state index contributed by atoms with van der Waals surface area (Å²) in [6.45, 7) is 3.47. The third kappa shape index (κ3) is 5.57. The summed E-state index contributed by atoms with van der Waals surface area (Å²) in [4.78, 5) is 14.2. The smallest absolute Gasteiger partial charge is 0.320 e. The lowest BCUT2D eigenvalue weighted by Gasteiger charge is -2.33. The Hall–Kier alpha value is -3.71. The van der Waals surface area contributed by atoms with Gasteiger partial charge in [-0.3, -0.25) is 9.69 Å². The molecule has 3 aromatic rings. The Morgan fingerprint density at radius 1 is 0.972 bits per heavy atom. The fourth-order valence-electron chi connectivity index (χ4n) is 4.78. The van der Waals surface area contributed by atoms with Gasteiger partial charge >= 0.3 is 5.97 Å². The van der Waals surface area contributed by atoms with Crippen molar-refractivity contribution in [2.45, 2.75) is 38.5 Å². The Kier molecular flexibility index (Phi) is 8.33. The zero-order valence-corrected chi connectivity index (χ0v) is 21.0. The van der Waals surface area contributed by atoms with Crippen molar-refractivity contribution in [3.63, 3.8) is 0 Å². The van der Waals surface area contributed by atoms with Gasteiger partial charge in [-0.05, 0) is 61.2 Å². The second kappa shape index (κ2) is 11.8. The van der Waals surface area contributed by atoms with Crippen molar-refractivity contribution < 1.29 is 28.8 Å². The minimum atomic E-state index is -0.827. The molecule has 0 radical (unpaired) electrons. The van der Waals surface area contributed by atoms with E-state index in [2.05, 4.69) is 0 Å². The quantitative estimate of drug-likeness (QED) is 0.389. The summed E-state index contributed by atoms with van der Waals surface area (Å²) < 4.78 is 23.3. The van der Waals surface area contributed by atoms with Crippen molar-refractivity contribution in [1.29, 1.82) is 0 Å². The molecule has 1 aliphatic rings. The van der Waals surface area contributed by atoms with Crippen LogP contribution in [0.3, 0.4) is 0 Å². The first-order valence-electron chi connectivity index (χ1n) is 12.2. The van der Waals surface area contributed by atoms with Crippen LogP contribution in [0.2, 0.25) is 0 Å². The number of ether oxygens (including phenoxy) is 4. The number of rotatable bonds is 11. The van der Waals surface area contributed by atoms with Gasteiger partial charge in [-0.2, -0.15) is 0 Å². The second-order valence-corrected chi connectivity index (χ2v) is 8.66. The van der Waals surface area contributed by atoms with Crippen molar-refractivity contribution in [2.75, 3.05) is 27.4 Å². The van der Waals surface area contributed by atoms with Crippen LogP contribution < -0.4 is 18.9 Å². The van der Waals surface area contributed by atoms with Crippen LogP contribution in [-0.2, 0) is 11.4 Å². The number of nitrogens with zero attached hydrogens (tertiary/aromatic N) is 1. The first kappa shape index (κ1) is 25.4. The average Bonchev–Trinajstić information content (AvgIpc) is 3.39. The average molecular weight is 492 g/mol. The Bertz CT molecular complexity index is 1170. The molecule has 0 amide bonds. The molecule has 0 saturated carbocycles. The maximum atomic E-state index is 12.2. The van der Waals surface area contributed by atoms with Gasteiger partial charge in [0.2, 0.25) is 0 Å². The summed E-state index contributed by atoms with van der Waals surface area (Å²) >= 11 is 0.